The summed E-state index contributed by atoms with van der Waals surface area (Å²) in [5.74, 6) is 1.30. The van der Waals surface area contributed by atoms with Crippen LogP contribution in [0.25, 0.3) is 0 Å². The SMILES string of the molecule is Cc1nc(CNCc2ccc(C(C)(C)C)cc2)no1. The third-order valence-electron chi connectivity index (χ3n) is 3.00. The van der Waals surface area contributed by atoms with E-state index in [1.165, 1.54) is 11.1 Å². The van der Waals surface area contributed by atoms with E-state index in [4.69, 9.17) is 4.52 Å². The van der Waals surface area contributed by atoms with Crippen molar-refractivity contribution in [3.05, 3.63) is 47.1 Å². The van der Waals surface area contributed by atoms with Gasteiger partial charge in [-0.2, -0.15) is 4.98 Å². The van der Waals surface area contributed by atoms with Crippen LogP contribution in [0.3, 0.4) is 0 Å². The van der Waals surface area contributed by atoms with E-state index in [-0.39, 0.29) is 5.41 Å². The van der Waals surface area contributed by atoms with Crippen LogP contribution in [0.2, 0.25) is 0 Å². The van der Waals surface area contributed by atoms with E-state index in [0.29, 0.717) is 18.3 Å². The molecule has 0 saturated heterocycles. The lowest BCUT2D eigenvalue weighted by Gasteiger charge is -2.19. The van der Waals surface area contributed by atoms with Gasteiger partial charge in [0.15, 0.2) is 5.82 Å². The minimum Gasteiger partial charge on any atom is -0.340 e. The zero-order valence-electron chi connectivity index (χ0n) is 12.0. The molecule has 4 heteroatoms. The Morgan fingerprint density at radius 1 is 1.11 bits per heavy atom. The Bertz CT molecular complexity index is 523. The quantitative estimate of drug-likeness (QED) is 0.917. The van der Waals surface area contributed by atoms with Crippen molar-refractivity contribution in [2.45, 2.75) is 46.2 Å². The number of aryl methyl sites for hydroxylation is 1. The van der Waals surface area contributed by atoms with Crippen LogP contribution in [-0.2, 0) is 18.5 Å². The molecule has 2 rings (SSSR count). The summed E-state index contributed by atoms with van der Waals surface area (Å²) in [7, 11) is 0. The number of hydrogen-bond acceptors (Lipinski definition) is 4. The molecule has 0 spiro atoms. The highest BCUT2D eigenvalue weighted by Crippen LogP contribution is 2.22. The lowest BCUT2D eigenvalue weighted by atomic mass is 9.87. The van der Waals surface area contributed by atoms with Crippen molar-refractivity contribution >= 4 is 0 Å². The van der Waals surface area contributed by atoms with Crippen molar-refractivity contribution in [1.82, 2.24) is 15.5 Å². The fraction of sp³-hybridized carbons (Fsp3) is 0.467. The molecule has 1 aromatic heterocycles. The van der Waals surface area contributed by atoms with Crippen molar-refractivity contribution in [1.29, 1.82) is 0 Å². The molecule has 0 aliphatic carbocycles. The van der Waals surface area contributed by atoms with E-state index < -0.39 is 0 Å². The average Bonchev–Trinajstić information content (AvgIpc) is 2.75. The van der Waals surface area contributed by atoms with Gasteiger partial charge in [-0.05, 0) is 16.5 Å². The predicted molar refractivity (Wildman–Crippen MR) is 74.7 cm³/mol. The fourth-order valence-corrected chi connectivity index (χ4v) is 1.85. The Labute approximate surface area is 114 Å². The first-order chi connectivity index (χ1) is 8.95. The van der Waals surface area contributed by atoms with Crippen LogP contribution < -0.4 is 5.32 Å². The van der Waals surface area contributed by atoms with Crippen LogP contribution in [0.4, 0.5) is 0 Å². The molecule has 4 nitrogen and oxygen atoms in total. The Hall–Kier alpha value is -1.68. The normalized spacial score (nSPS) is 11.8. The first kappa shape index (κ1) is 13.7. The molecular weight excluding hydrogens is 238 g/mol. The van der Waals surface area contributed by atoms with Gasteiger partial charge in [0.2, 0.25) is 5.89 Å². The molecule has 0 radical (unpaired) electrons. The monoisotopic (exact) mass is 259 g/mol. The number of rotatable bonds is 4. The molecule has 2 aromatic rings. The molecule has 0 aliphatic heterocycles. The van der Waals surface area contributed by atoms with Crippen molar-refractivity contribution in [2.24, 2.45) is 0 Å². The third-order valence-corrected chi connectivity index (χ3v) is 3.00. The van der Waals surface area contributed by atoms with Gasteiger partial charge in [0, 0.05) is 13.5 Å². The van der Waals surface area contributed by atoms with Gasteiger partial charge in [-0.3, -0.25) is 0 Å². The van der Waals surface area contributed by atoms with Crippen LogP contribution in [0.5, 0.6) is 0 Å². The summed E-state index contributed by atoms with van der Waals surface area (Å²) >= 11 is 0. The van der Waals surface area contributed by atoms with Gasteiger partial charge in [-0.15, -0.1) is 0 Å². The van der Waals surface area contributed by atoms with Gasteiger partial charge in [-0.1, -0.05) is 50.2 Å². The number of aromatic nitrogens is 2. The molecule has 0 amide bonds. The summed E-state index contributed by atoms with van der Waals surface area (Å²) in [5.41, 5.74) is 2.81. The summed E-state index contributed by atoms with van der Waals surface area (Å²) < 4.78 is 4.92. The van der Waals surface area contributed by atoms with Crippen molar-refractivity contribution in [2.75, 3.05) is 0 Å². The smallest absolute Gasteiger partial charge is 0.223 e. The van der Waals surface area contributed by atoms with E-state index in [0.717, 1.165) is 6.54 Å². The van der Waals surface area contributed by atoms with Crippen LogP contribution in [-0.4, -0.2) is 10.1 Å². The zero-order chi connectivity index (χ0) is 13.9. The molecule has 0 aliphatic rings. The van der Waals surface area contributed by atoms with Crippen molar-refractivity contribution in [3.8, 4) is 0 Å². The molecule has 102 valence electrons. The van der Waals surface area contributed by atoms with Gasteiger partial charge in [0.1, 0.15) is 0 Å². The first-order valence-corrected chi connectivity index (χ1v) is 6.54. The third kappa shape index (κ3) is 3.89. The van der Waals surface area contributed by atoms with Gasteiger partial charge < -0.3 is 9.84 Å². The van der Waals surface area contributed by atoms with Crippen molar-refractivity contribution < 1.29 is 4.52 Å². The van der Waals surface area contributed by atoms with Gasteiger partial charge in [0.25, 0.3) is 0 Å². The molecule has 1 heterocycles. The molecule has 0 atom stereocenters. The standard InChI is InChI=1S/C15H21N3O/c1-11-17-14(18-19-11)10-16-9-12-5-7-13(8-6-12)15(2,3)4/h5-8,16H,9-10H2,1-4H3. The van der Waals surface area contributed by atoms with E-state index in [1.807, 2.05) is 0 Å². The average molecular weight is 259 g/mol. The zero-order valence-corrected chi connectivity index (χ0v) is 12.0. The number of nitrogens with zero attached hydrogens (tertiary/aromatic N) is 2. The summed E-state index contributed by atoms with van der Waals surface area (Å²) in [6.45, 7) is 9.88. The summed E-state index contributed by atoms with van der Waals surface area (Å²) in [6.07, 6.45) is 0. The van der Waals surface area contributed by atoms with Gasteiger partial charge >= 0.3 is 0 Å². The van der Waals surface area contributed by atoms with E-state index in [9.17, 15) is 0 Å². The maximum atomic E-state index is 4.92. The molecule has 1 aromatic carbocycles. The largest absolute Gasteiger partial charge is 0.340 e. The Morgan fingerprint density at radius 2 is 1.79 bits per heavy atom. The van der Waals surface area contributed by atoms with Crippen LogP contribution in [0, 0.1) is 6.92 Å². The molecule has 0 unspecified atom stereocenters. The second-order valence-corrected chi connectivity index (χ2v) is 5.78. The second-order valence-electron chi connectivity index (χ2n) is 5.78. The highest BCUT2D eigenvalue weighted by molar-refractivity contribution is 5.27. The minimum absolute atomic E-state index is 0.202. The summed E-state index contributed by atoms with van der Waals surface area (Å²) in [6, 6.07) is 8.70. The molecule has 0 fully saturated rings. The maximum absolute atomic E-state index is 4.92. The molecule has 1 N–H and O–H groups in total. The second kappa shape index (κ2) is 5.53. The summed E-state index contributed by atoms with van der Waals surface area (Å²) in [4.78, 5) is 4.15. The lowest BCUT2D eigenvalue weighted by Crippen LogP contribution is -2.14. The molecule has 0 bridgehead atoms. The number of hydrogen-bond donors (Lipinski definition) is 1. The topological polar surface area (TPSA) is 51.0 Å². The number of nitrogens with one attached hydrogen (secondary N) is 1. The Kier molecular flexibility index (Phi) is 4.00. The van der Waals surface area contributed by atoms with Crippen LogP contribution in [0.15, 0.2) is 28.8 Å². The van der Waals surface area contributed by atoms with Crippen LogP contribution >= 0.6 is 0 Å². The molecular formula is C15H21N3O. The Balaban J connectivity index is 1.86. The van der Waals surface area contributed by atoms with Crippen molar-refractivity contribution in [3.63, 3.8) is 0 Å². The van der Waals surface area contributed by atoms with Gasteiger partial charge in [-0.25, -0.2) is 0 Å². The first-order valence-electron chi connectivity index (χ1n) is 6.54. The lowest BCUT2D eigenvalue weighted by molar-refractivity contribution is 0.385. The van der Waals surface area contributed by atoms with E-state index in [2.05, 4.69) is 60.5 Å². The molecule has 19 heavy (non-hydrogen) atoms. The highest BCUT2D eigenvalue weighted by atomic mass is 16.5. The maximum Gasteiger partial charge on any atom is 0.223 e. The van der Waals surface area contributed by atoms with Gasteiger partial charge in [0.05, 0.1) is 6.54 Å². The molecule has 0 saturated carbocycles. The fourth-order valence-electron chi connectivity index (χ4n) is 1.85. The minimum atomic E-state index is 0.202. The Morgan fingerprint density at radius 3 is 2.32 bits per heavy atom. The van der Waals surface area contributed by atoms with E-state index in [1.54, 1.807) is 6.92 Å². The predicted octanol–water partition coefficient (Wildman–Crippen LogP) is 2.97. The van der Waals surface area contributed by atoms with E-state index >= 15 is 0 Å². The number of benzene rings is 1. The highest BCUT2D eigenvalue weighted by Gasteiger charge is 2.12. The van der Waals surface area contributed by atoms with Crippen LogP contribution in [0.1, 0.15) is 43.6 Å². The summed E-state index contributed by atoms with van der Waals surface area (Å²) in [5, 5.41) is 7.15.